The Balaban J connectivity index is 2.96. The third-order valence-electron chi connectivity index (χ3n) is 2.28. The van der Waals surface area contributed by atoms with Crippen molar-refractivity contribution in [2.75, 3.05) is 5.32 Å². The summed E-state index contributed by atoms with van der Waals surface area (Å²) in [5.74, 6) is -0.566. The first-order valence-electron chi connectivity index (χ1n) is 6.07. The molecule has 0 bridgehead atoms. The van der Waals surface area contributed by atoms with Crippen molar-refractivity contribution in [2.45, 2.75) is 38.6 Å². The van der Waals surface area contributed by atoms with Crippen molar-refractivity contribution in [2.24, 2.45) is 0 Å². The summed E-state index contributed by atoms with van der Waals surface area (Å²) in [6.45, 7) is 7.27. The Morgan fingerprint density at radius 1 is 1.21 bits per heavy atom. The molecule has 1 atom stereocenters. The lowest BCUT2D eigenvalue weighted by atomic mass is 10.1. The molecule has 1 aromatic carbocycles. The van der Waals surface area contributed by atoms with Crippen molar-refractivity contribution in [3.05, 3.63) is 29.8 Å². The Bertz CT molecular complexity index is 479. The summed E-state index contributed by atoms with van der Waals surface area (Å²) < 4.78 is 0. The molecule has 2 N–H and O–H groups in total. The number of hydrogen-bond acceptors (Lipinski definition) is 2. The Hall–Kier alpha value is -1.55. The van der Waals surface area contributed by atoms with Crippen LogP contribution in [0.4, 0.5) is 5.69 Å². The molecule has 0 fully saturated rings. The van der Waals surface area contributed by atoms with Crippen LogP contribution < -0.4 is 10.6 Å². The molecule has 0 aliphatic rings. The van der Waals surface area contributed by atoms with Crippen molar-refractivity contribution in [1.82, 2.24) is 5.32 Å². The summed E-state index contributed by atoms with van der Waals surface area (Å²) in [6, 6.07) is 6.84. The lowest BCUT2D eigenvalue weighted by Crippen LogP contribution is -2.41. The van der Waals surface area contributed by atoms with E-state index in [9.17, 15) is 9.59 Å². The molecule has 0 saturated heterocycles. The van der Waals surface area contributed by atoms with Gasteiger partial charge >= 0.3 is 0 Å². The van der Waals surface area contributed by atoms with Gasteiger partial charge in [-0.1, -0.05) is 12.1 Å². The minimum atomic E-state index is -0.654. The molecule has 1 rings (SSSR count). The molecule has 104 valence electrons. The third kappa shape index (κ3) is 4.91. The Labute approximate surface area is 118 Å². The van der Waals surface area contributed by atoms with Crippen molar-refractivity contribution >= 4 is 29.1 Å². The molecule has 0 aliphatic carbocycles. The van der Waals surface area contributed by atoms with Gasteiger partial charge in [-0.3, -0.25) is 9.59 Å². The molecular weight excluding hydrogens is 264 g/mol. The first kappa shape index (κ1) is 15.5. The normalized spacial score (nSPS) is 12.7. The van der Waals surface area contributed by atoms with E-state index in [-0.39, 0.29) is 17.4 Å². The SMILES string of the molecule is CC(Cl)C(=O)Nc1ccccc1C(=O)NC(C)(C)C. The largest absolute Gasteiger partial charge is 0.347 e. The maximum absolute atomic E-state index is 12.1. The average Bonchev–Trinajstić information content (AvgIpc) is 2.27. The summed E-state index contributed by atoms with van der Waals surface area (Å²) in [5.41, 5.74) is 0.540. The summed E-state index contributed by atoms with van der Waals surface area (Å²) in [6.07, 6.45) is 0. The van der Waals surface area contributed by atoms with Gasteiger partial charge in [0, 0.05) is 5.54 Å². The zero-order chi connectivity index (χ0) is 14.6. The number of halogens is 1. The van der Waals surface area contributed by atoms with E-state index < -0.39 is 5.38 Å². The van der Waals surface area contributed by atoms with Crippen molar-refractivity contribution in [1.29, 1.82) is 0 Å². The smallest absolute Gasteiger partial charge is 0.253 e. The van der Waals surface area contributed by atoms with E-state index in [1.165, 1.54) is 0 Å². The highest BCUT2D eigenvalue weighted by atomic mass is 35.5. The van der Waals surface area contributed by atoms with E-state index in [0.717, 1.165) is 0 Å². The Morgan fingerprint density at radius 3 is 2.32 bits per heavy atom. The molecule has 4 nitrogen and oxygen atoms in total. The Kier molecular flexibility index (Phi) is 4.95. The number of alkyl halides is 1. The second-order valence-electron chi connectivity index (χ2n) is 5.35. The van der Waals surface area contributed by atoms with Gasteiger partial charge in [0.1, 0.15) is 5.38 Å². The highest BCUT2D eigenvalue weighted by molar-refractivity contribution is 6.32. The molecule has 1 unspecified atom stereocenters. The van der Waals surface area contributed by atoms with Crippen molar-refractivity contribution in [3.8, 4) is 0 Å². The minimum absolute atomic E-state index is 0.231. The zero-order valence-corrected chi connectivity index (χ0v) is 12.3. The molecule has 5 heteroatoms. The van der Waals surface area contributed by atoms with Crippen LogP contribution in [0.15, 0.2) is 24.3 Å². The average molecular weight is 283 g/mol. The standard InChI is InChI=1S/C14H19ClN2O2/c1-9(15)12(18)16-11-8-6-5-7-10(11)13(19)17-14(2,3)4/h5-9H,1-4H3,(H,16,18)(H,17,19). The van der Waals surface area contributed by atoms with Crippen LogP contribution in [0.1, 0.15) is 38.1 Å². The monoisotopic (exact) mass is 282 g/mol. The van der Waals surface area contributed by atoms with Crippen LogP contribution in [0.3, 0.4) is 0 Å². The molecule has 19 heavy (non-hydrogen) atoms. The van der Waals surface area contributed by atoms with E-state index in [2.05, 4.69) is 10.6 Å². The Morgan fingerprint density at radius 2 is 1.79 bits per heavy atom. The predicted molar refractivity (Wildman–Crippen MR) is 77.6 cm³/mol. The number of rotatable bonds is 3. The number of carbonyl (C=O) groups excluding carboxylic acids is 2. The lowest BCUT2D eigenvalue weighted by Gasteiger charge is -2.21. The van der Waals surface area contributed by atoms with E-state index in [0.29, 0.717) is 11.3 Å². The van der Waals surface area contributed by atoms with Gasteiger partial charge in [0.25, 0.3) is 5.91 Å². The van der Waals surface area contributed by atoms with Crippen molar-refractivity contribution in [3.63, 3.8) is 0 Å². The summed E-state index contributed by atoms with van der Waals surface area (Å²) in [5, 5.41) is 4.85. The van der Waals surface area contributed by atoms with Crippen LogP contribution >= 0.6 is 11.6 Å². The summed E-state index contributed by atoms with van der Waals surface area (Å²) in [7, 11) is 0. The van der Waals surface area contributed by atoms with Gasteiger partial charge in [-0.05, 0) is 39.8 Å². The molecule has 0 saturated carbocycles. The third-order valence-corrected chi connectivity index (χ3v) is 2.48. The van der Waals surface area contributed by atoms with Gasteiger partial charge in [-0.2, -0.15) is 0 Å². The molecule has 0 aliphatic heterocycles. The van der Waals surface area contributed by atoms with Crippen LogP contribution in [0, 0.1) is 0 Å². The number of amides is 2. The number of hydrogen-bond donors (Lipinski definition) is 2. The molecule has 0 aromatic heterocycles. The second-order valence-corrected chi connectivity index (χ2v) is 6.01. The van der Waals surface area contributed by atoms with Gasteiger partial charge in [0.15, 0.2) is 0 Å². The molecule has 1 aromatic rings. The van der Waals surface area contributed by atoms with Gasteiger partial charge in [0.2, 0.25) is 5.91 Å². The van der Waals surface area contributed by atoms with Crippen molar-refractivity contribution < 1.29 is 9.59 Å². The minimum Gasteiger partial charge on any atom is -0.347 e. The molecular formula is C14H19ClN2O2. The van der Waals surface area contributed by atoms with Gasteiger partial charge in [0.05, 0.1) is 11.3 Å². The summed E-state index contributed by atoms with van der Waals surface area (Å²) >= 11 is 5.70. The van der Waals surface area contributed by atoms with Crippen LogP contribution in [-0.4, -0.2) is 22.7 Å². The zero-order valence-electron chi connectivity index (χ0n) is 11.6. The topological polar surface area (TPSA) is 58.2 Å². The summed E-state index contributed by atoms with van der Waals surface area (Å²) in [4.78, 5) is 23.7. The van der Waals surface area contributed by atoms with Crippen LogP contribution in [0.2, 0.25) is 0 Å². The maximum atomic E-state index is 12.1. The first-order valence-corrected chi connectivity index (χ1v) is 6.51. The highest BCUT2D eigenvalue weighted by Gasteiger charge is 2.19. The first-order chi connectivity index (χ1) is 8.70. The predicted octanol–water partition coefficient (Wildman–Crippen LogP) is 2.78. The van der Waals surface area contributed by atoms with E-state index in [1.54, 1.807) is 31.2 Å². The van der Waals surface area contributed by atoms with E-state index >= 15 is 0 Å². The van der Waals surface area contributed by atoms with E-state index in [4.69, 9.17) is 11.6 Å². The number of anilines is 1. The quantitative estimate of drug-likeness (QED) is 0.838. The van der Waals surface area contributed by atoms with Gasteiger partial charge in [-0.15, -0.1) is 11.6 Å². The van der Waals surface area contributed by atoms with Crippen LogP contribution in [0.25, 0.3) is 0 Å². The maximum Gasteiger partial charge on any atom is 0.253 e. The van der Waals surface area contributed by atoms with E-state index in [1.807, 2.05) is 20.8 Å². The second kappa shape index (κ2) is 6.06. The number of nitrogens with one attached hydrogen (secondary N) is 2. The van der Waals surface area contributed by atoms with Gasteiger partial charge < -0.3 is 10.6 Å². The fourth-order valence-electron chi connectivity index (χ4n) is 1.43. The number of para-hydroxylation sites is 1. The highest BCUT2D eigenvalue weighted by Crippen LogP contribution is 2.17. The molecule has 2 amide bonds. The molecule has 0 spiro atoms. The molecule has 0 radical (unpaired) electrons. The van der Waals surface area contributed by atoms with Gasteiger partial charge in [-0.25, -0.2) is 0 Å². The number of benzene rings is 1. The fraction of sp³-hybridized carbons (Fsp3) is 0.429. The lowest BCUT2D eigenvalue weighted by molar-refractivity contribution is -0.115. The van der Waals surface area contributed by atoms with Crippen LogP contribution in [0.5, 0.6) is 0 Å². The molecule has 0 heterocycles. The fourth-order valence-corrected chi connectivity index (χ4v) is 1.48. The number of carbonyl (C=O) groups is 2. The van der Waals surface area contributed by atoms with Crippen LogP contribution in [-0.2, 0) is 4.79 Å².